The summed E-state index contributed by atoms with van der Waals surface area (Å²) in [6.45, 7) is 0. The highest BCUT2D eigenvalue weighted by Crippen LogP contribution is 2.32. The minimum Gasteiger partial charge on any atom is -0.323 e. The van der Waals surface area contributed by atoms with E-state index in [0.29, 0.717) is 17.0 Å². The smallest absolute Gasteiger partial charge is 0.256 e. The van der Waals surface area contributed by atoms with Gasteiger partial charge in [-0.15, -0.1) is 11.3 Å². The number of amides is 2. The topological polar surface area (TPSA) is 70.6 Å². The zero-order chi connectivity index (χ0) is 21.9. The van der Waals surface area contributed by atoms with Crippen molar-refractivity contribution in [2.45, 2.75) is 6.42 Å². The first-order chi connectivity index (χ1) is 15.7. The Balaban J connectivity index is 1.37. The van der Waals surface area contributed by atoms with Gasteiger partial charge in [0.15, 0.2) is 0 Å². The Morgan fingerprint density at radius 2 is 1.62 bits per heavy atom. The van der Waals surface area contributed by atoms with Gasteiger partial charge in [0.25, 0.3) is 5.91 Å². The number of carbonyl (C=O) groups is 2. The molecule has 1 aliphatic rings. The molecule has 5 nitrogen and oxygen atoms in total. The summed E-state index contributed by atoms with van der Waals surface area (Å²) >= 11 is 1.50. The molecule has 1 aromatic heterocycles. The number of anilines is 2. The molecule has 0 saturated carbocycles. The van der Waals surface area contributed by atoms with Crippen molar-refractivity contribution in [1.82, 2.24) is 0 Å². The van der Waals surface area contributed by atoms with E-state index in [4.69, 9.17) is 0 Å². The van der Waals surface area contributed by atoms with Gasteiger partial charge in [0.1, 0.15) is 0 Å². The predicted molar refractivity (Wildman–Crippen MR) is 130 cm³/mol. The van der Waals surface area contributed by atoms with Crippen LogP contribution in [-0.2, 0) is 4.79 Å². The largest absolute Gasteiger partial charge is 0.323 e. The molecule has 32 heavy (non-hydrogen) atoms. The van der Waals surface area contributed by atoms with Gasteiger partial charge in [0, 0.05) is 22.0 Å². The maximum atomic E-state index is 13.0. The summed E-state index contributed by atoms with van der Waals surface area (Å²) in [7, 11) is 0. The third-order valence-corrected chi connectivity index (χ3v) is 5.96. The van der Waals surface area contributed by atoms with Crippen molar-refractivity contribution in [2.75, 3.05) is 10.6 Å². The van der Waals surface area contributed by atoms with Crippen LogP contribution in [0.5, 0.6) is 0 Å². The van der Waals surface area contributed by atoms with E-state index in [-0.39, 0.29) is 18.2 Å². The van der Waals surface area contributed by atoms with Crippen LogP contribution in [0, 0.1) is 0 Å². The molecule has 0 spiro atoms. The molecule has 2 amide bonds. The van der Waals surface area contributed by atoms with E-state index >= 15 is 0 Å². The number of benzene rings is 3. The molecule has 1 aliphatic heterocycles. The molecule has 0 atom stereocenters. The van der Waals surface area contributed by atoms with E-state index in [1.165, 1.54) is 11.3 Å². The van der Waals surface area contributed by atoms with Crippen LogP contribution in [-0.4, -0.2) is 17.5 Å². The number of aliphatic imine (C=N–C) groups is 1. The number of nitrogens with zero attached hydrogens (tertiary/aromatic N) is 1. The molecule has 0 aliphatic carbocycles. The van der Waals surface area contributed by atoms with Gasteiger partial charge in [-0.05, 0) is 34.9 Å². The molecule has 5 rings (SSSR count). The third kappa shape index (κ3) is 4.08. The second-order valence-electron chi connectivity index (χ2n) is 7.40. The van der Waals surface area contributed by atoms with Crippen LogP contribution >= 0.6 is 11.3 Å². The van der Waals surface area contributed by atoms with Gasteiger partial charge in [-0.25, -0.2) is 4.99 Å². The van der Waals surface area contributed by atoms with Crippen molar-refractivity contribution < 1.29 is 9.59 Å². The number of carbonyl (C=O) groups excluding carboxylic acids is 2. The van der Waals surface area contributed by atoms with Crippen molar-refractivity contribution in [3.05, 3.63) is 101 Å². The van der Waals surface area contributed by atoms with Gasteiger partial charge in [-0.3, -0.25) is 9.59 Å². The van der Waals surface area contributed by atoms with Crippen LogP contribution in [0.15, 0.2) is 94.6 Å². The fraction of sp³-hybridized carbons (Fsp3) is 0.0385. The number of nitrogens with one attached hydrogen (secondary N) is 2. The van der Waals surface area contributed by atoms with E-state index in [9.17, 15) is 9.59 Å². The van der Waals surface area contributed by atoms with E-state index < -0.39 is 0 Å². The van der Waals surface area contributed by atoms with Crippen LogP contribution in [0.3, 0.4) is 0 Å². The second-order valence-corrected chi connectivity index (χ2v) is 8.14. The fourth-order valence-corrected chi connectivity index (χ4v) is 4.36. The fourth-order valence-electron chi connectivity index (χ4n) is 3.66. The van der Waals surface area contributed by atoms with Gasteiger partial charge in [0.05, 0.1) is 23.5 Å². The van der Waals surface area contributed by atoms with E-state index in [0.717, 1.165) is 28.1 Å². The van der Waals surface area contributed by atoms with Crippen molar-refractivity contribution in [2.24, 2.45) is 4.99 Å². The summed E-state index contributed by atoms with van der Waals surface area (Å²) in [6, 6.07) is 24.8. The Kier molecular flexibility index (Phi) is 5.35. The van der Waals surface area contributed by atoms with Gasteiger partial charge < -0.3 is 10.6 Å². The third-order valence-electron chi connectivity index (χ3n) is 5.23. The van der Waals surface area contributed by atoms with Gasteiger partial charge in [-0.2, -0.15) is 0 Å². The van der Waals surface area contributed by atoms with Crippen molar-refractivity contribution in [1.29, 1.82) is 0 Å². The zero-order valence-electron chi connectivity index (χ0n) is 17.0. The van der Waals surface area contributed by atoms with Crippen LogP contribution in [0.25, 0.3) is 11.1 Å². The van der Waals surface area contributed by atoms with Crippen LogP contribution in [0.4, 0.5) is 17.1 Å². The minimum absolute atomic E-state index is 0.0872. The number of hydrogen-bond donors (Lipinski definition) is 2. The van der Waals surface area contributed by atoms with Crippen LogP contribution in [0.2, 0.25) is 0 Å². The lowest BCUT2D eigenvalue weighted by atomic mass is 9.99. The number of rotatable bonds is 4. The summed E-state index contributed by atoms with van der Waals surface area (Å²) in [4.78, 5) is 29.9. The molecule has 0 unspecified atom stereocenters. The molecular weight excluding hydrogens is 418 g/mol. The van der Waals surface area contributed by atoms with Crippen molar-refractivity contribution >= 4 is 45.9 Å². The SMILES string of the molecule is O=C1CC(c2ccc(NC(=O)c3ccccc3-c3ccccc3)cc2)=Nc2cscc2N1. The Morgan fingerprint density at radius 1 is 0.875 bits per heavy atom. The molecule has 0 radical (unpaired) electrons. The average Bonchev–Trinajstić information content (AvgIpc) is 3.19. The summed E-state index contributed by atoms with van der Waals surface area (Å²) < 4.78 is 0. The molecule has 6 heteroatoms. The number of hydrogen-bond acceptors (Lipinski definition) is 4. The molecular formula is C26H19N3O2S. The summed E-state index contributed by atoms with van der Waals surface area (Å²) in [5, 5.41) is 9.65. The Bertz CT molecular complexity index is 1320. The Hall–Kier alpha value is -4.03. The van der Waals surface area contributed by atoms with Gasteiger partial charge in [0.2, 0.25) is 5.91 Å². The molecule has 156 valence electrons. The zero-order valence-corrected chi connectivity index (χ0v) is 17.9. The van der Waals surface area contributed by atoms with E-state index in [1.54, 1.807) is 0 Å². The quantitative estimate of drug-likeness (QED) is 0.403. The van der Waals surface area contributed by atoms with E-state index in [2.05, 4.69) is 15.6 Å². The lowest BCUT2D eigenvalue weighted by molar-refractivity contribution is -0.115. The first-order valence-corrected chi connectivity index (χ1v) is 11.1. The summed E-state index contributed by atoms with van der Waals surface area (Å²) in [6.07, 6.45) is 0.204. The van der Waals surface area contributed by atoms with Crippen molar-refractivity contribution in [3.8, 4) is 11.1 Å². The molecule has 2 N–H and O–H groups in total. The van der Waals surface area contributed by atoms with Crippen LogP contribution in [0.1, 0.15) is 22.3 Å². The number of thiophene rings is 1. The molecule has 4 aromatic rings. The minimum atomic E-state index is -0.175. The molecule has 0 saturated heterocycles. The summed E-state index contributed by atoms with van der Waals surface area (Å²) in [5.74, 6) is -0.262. The Labute approximate surface area is 189 Å². The lowest BCUT2D eigenvalue weighted by Gasteiger charge is -2.11. The normalized spacial score (nSPS) is 12.9. The first-order valence-electron chi connectivity index (χ1n) is 10.2. The van der Waals surface area contributed by atoms with Crippen LogP contribution < -0.4 is 10.6 Å². The lowest BCUT2D eigenvalue weighted by Crippen LogP contribution is -2.15. The monoisotopic (exact) mass is 437 g/mol. The highest BCUT2D eigenvalue weighted by molar-refractivity contribution is 7.09. The molecule has 2 heterocycles. The maximum absolute atomic E-state index is 13.0. The highest BCUT2D eigenvalue weighted by atomic mass is 32.1. The second kappa shape index (κ2) is 8.61. The Morgan fingerprint density at radius 3 is 2.44 bits per heavy atom. The average molecular weight is 438 g/mol. The highest BCUT2D eigenvalue weighted by Gasteiger charge is 2.18. The van der Waals surface area contributed by atoms with Gasteiger partial charge >= 0.3 is 0 Å². The summed E-state index contributed by atoms with van der Waals surface area (Å²) in [5.41, 5.74) is 6.23. The first kappa shape index (κ1) is 19.9. The molecule has 3 aromatic carbocycles. The van der Waals surface area contributed by atoms with Gasteiger partial charge in [-0.1, -0.05) is 60.7 Å². The standard InChI is InChI=1S/C26H19N3O2S/c30-25-14-22(28-23-15-32-16-24(23)29-25)18-10-12-19(13-11-18)27-26(31)21-9-5-4-8-20(21)17-6-2-1-3-7-17/h1-13,15-16H,14H2,(H,27,31)(H,29,30). The predicted octanol–water partition coefficient (Wildman–Crippen LogP) is 6.13. The molecule has 0 bridgehead atoms. The number of fused-ring (bicyclic) bond motifs is 1. The molecule has 0 fully saturated rings. The van der Waals surface area contributed by atoms with E-state index in [1.807, 2.05) is 89.6 Å². The van der Waals surface area contributed by atoms with Crippen molar-refractivity contribution in [3.63, 3.8) is 0 Å². The maximum Gasteiger partial charge on any atom is 0.256 e.